The van der Waals surface area contributed by atoms with E-state index in [4.69, 9.17) is 51.6 Å². The molecule has 10 N–H and O–H groups in total. The van der Waals surface area contributed by atoms with Crippen LogP contribution in [0.1, 0.15) is 107 Å². The summed E-state index contributed by atoms with van der Waals surface area (Å²) in [6.45, 7) is 12.5. The van der Waals surface area contributed by atoms with E-state index in [0.29, 0.717) is 38.5 Å². The molecule has 4 aliphatic carbocycles. The molecule has 5 saturated heterocycles. The molecular formula is C54H84O29S2. The second kappa shape index (κ2) is 24.3. The predicted octanol–water partition coefficient (Wildman–Crippen LogP) is -1.30. The molecule has 9 rings (SSSR count). The molecule has 27 atom stereocenters. The van der Waals surface area contributed by atoms with Gasteiger partial charge in [0.1, 0.15) is 103 Å². The maximum absolute atomic E-state index is 14.4. The fraction of sp³-hybridized carbons (Fsp3) is 0.907. The Morgan fingerprint density at radius 1 is 0.729 bits per heavy atom. The molecule has 85 heavy (non-hydrogen) atoms. The Morgan fingerprint density at radius 3 is 1.96 bits per heavy atom. The molecule has 5 heterocycles. The summed E-state index contributed by atoms with van der Waals surface area (Å²) in [4.78, 5) is 42.0. The molecule has 27 unspecified atom stereocenters. The van der Waals surface area contributed by atoms with Crippen LogP contribution in [-0.2, 0) is 90.9 Å². The lowest BCUT2D eigenvalue weighted by atomic mass is 9.41. The zero-order valence-electron chi connectivity index (χ0n) is 48.8. The van der Waals surface area contributed by atoms with Gasteiger partial charge in [0.2, 0.25) is 0 Å². The smallest absolute Gasteiger partial charge is 0.397 e. The fourth-order valence-corrected chi connectivity index (χ4v) is 17.1. The summed E-state index contributed by atoms with van der Waals surface area (Å²) >= 11 is 0. The highest BCUT2D eigenvalue weighted by atomic mass is 32.3. The molecule has 9 aliphatic rings. The van der Waals surface area contributed by atoms with Crippen LogP contribution in [0.3, 0.4) is 0 Å². The lowest BCUT2D eigenvalue weighted by molar-refractivity contribution is -0.389. The molecule has 0 amide bonds. The van der Waals surface area contributed by atoms with Crippen molar-refractivity contribution in [2.45, 2.75) is 235 Å². The lowest BCUT2D eigenvalue weighted by Crippen LogP contribution is -2.67. The molecule has 3 saturated carbocycles. The number of Topliss-reactive ketones (excluding diaryl/α,β-unsaturated/α-hetero) is 2. The summed E-state index contributed by atoms with van der Waals surface area (Å²) in [5, 5.41) is 89.5. The average Bonchev–Trinajstić information content (AvgIpc) is 1.54. The number of ketones is 2. The van der Waals surface area contributed by atoms with Gasteiger partial charge in [-0.1, -0.05) is 53.2 Å². The van der Waals surface area contributed by atoms with Crippen LogP contribution in [-0.4, -0.2) is 240 Å². The van der Waals surface area contributed by atoms with Crippen LogP contribution in [0.5, 0.6) is 0 Å². The maximum atomic E-state index is 14.4. The van der Waals surface area contributed by atoms with Crippen molar-refractivity contribution >= 4 is 38.3 Å². The van der Waals surface area contributed by atoms with Crippen molar-refractivity contribution in [1.82, 2.24) is 0 Å². The fourth-order valence-electron chi connectivity index (χ4n) is 16.3. The topological polar surface area (TPSA) is 433 Å². The molecule has 0 aromatic carbocycles. The minimum atomic E-state index is -5.23. The molecule has 486 valence electrons. The third-order valence-electron chi connectivity index (χ3n) is 20.2. The number of ether oxygens (including phenoxy) is 10. The molecule has 29 nitrogen and oxygen atoms in total. The number of aliphatic hydroxyl groups excluding tert-OH is 8. The van der Waals surface area contributed by atoms with Crippen molar-refractivity contribution in [3.05, 3.63) is 11.6 Å². The Labute approximate surface area is 492 Å². The number of carbonyl (C=O) groups excluding carboxylic acids is 3. The Hall–Kier alpha value is -2.39. The number of aliphatic hydroxyl groups is 8. The molecule has 0 aromatic rings. The second-order valence-electron chi connectivity index (χ2n) is 26.3. The minimum absolute atomic E-state index is 0.0436. The Bertz CT molecular complexity index is 2730. The first-order valence-corrected chi connectivity index (χ1v) is 31.6. The molecular weight excluding hydrogens is 1180 g/mol. The van der Waals surface area contributed by atoms with Gasteiger partial charge in [0.15, 0.2) is 25.2 Å². The molecule has 31 heteroatoms. The Morgan fingerprint density at radius 2 is 1.34 bits per heavy atom. The molecule has 0 bridgehead atoms. The highest BCUT2D eigenvalue weighted by Crippen LogP contribution is 2.75. The number of esters is 1. The van der Waals surface area contributed by atoms with E-state index in [0.717, 1.165) is 12.7 Å². The van der Waals surface area contributed by atoms with Gasteiger partial charge in [-0.3, -0.25) is 23.5 Å². The van der Waals surface area contributed by atoms with E-state index in [9.17, 15) is 81.2 Å². The summed E-state index contributed by atoms with van der Waals surface area (Å²) < 4.78 is 135. The van der Waals surface area contributed by atoms with E-state index < -0.39 is 203 Å². The van der Waals surface area contributed by atoms with Crippen LogP contribution >= 0.6 is 0 Å². The molecule has 0 radical (unpaired) electrons. The van der Waals surface area contributed by atoms with Crippen molar-refractivity contribution < 1.29 is 137 Å². The van der Waals surface area contributed by atoms with Crippen LogP contribution in [0.4, 0.5) is 0 Å². The first-order chi connectivity index (χ1) is 39.5. The quantitative estimate of drug-likeness (QED) is 0.0408. The van der Waals surface area contributed by atoms with E-state index in [1.165, 1.54) is 6.92 Å². The number of fused-ring (bicyclic) bond motifs is 4. The van der Waals surface area contributed by atoms with E-state index in [1.54, 1.807) is 6.92 Å². The van der Waals surface area contributed by atoms with Gasteiger partial charge in [-0.2, -0.15) is 16.8 Å². The number of carbonyl (C=O) groups is 3. The van der Waals surface area contributed by atoms with Crippen molar-refractivity contribution in [2.24, 2.45) is 45.3 Å². The monoisotopic (exact) mass is 1260 g/mol. The standard InChI is InChI=1S/C54H84O29S2/c1-22(2)16-24(56)17-53(8)44-27(57)18-52(7)26-10-11-31-50(4,5)32(13-14-51(31,6)25(26)12-15-54(44,52)49(65)82-53)78-48-43(35(60)30(20-73-48)83-85(69,70)71)81-45-37(62)36(61)40(23(3)75-45)79-47-39(64)42(34(59)29(77-47)21-74-84(66,67)68)80-46-38(63)41(72-9)33(58)28(19-55)76-46/h10,22-23,25,28-48,55,58-64H,11-21H2,1-9H3,(H,66,67,68)(H,69,70,71). The third-order valence-corrected chi connectivity index (χ3v) is 21.1. The summed E-state index contributed by atoms with van der Waals surface area (Å²) in [5.74, 6) is -1.46. The van der Waals surface area contributed by atoms with Gasteiger partial charge in [0.05, 0.1) is 43.4 Å². The van der Waals surface area contributed by atoms with Crippen LogP contribution < -0.4 is 0 Å². The van der Waals surface area contributed by atoms with Gasteiger partial charge in [-0.25, -0.2) is 8.37 Å². The average molecular weight is 1260 g/mol. The van der Waals surface area contributed by atoms with Crippen LogP contribution in [0.2, 0.25) is 0 Å². The van der Waals surface area contributed by atoms with E-state index >= 15 is 0 Å². The molecule has 5 aliphatic heterocycles. The second-order valence-corrected chi connectivity index (χ2v) is 28.5. The first-order valence-electron chi connectivity index (χ1n) is 28.8. The van der Waals surface area contributed by atoms with Crippen molar-refractivity contribution in [3.63, 3.8) is 0 Å². The summed E-state index contributed by atoms with van der Waals surface area (Å²) in [6, 6.07) is 0. The number of cyclic esters (lactones) is 1. The number of hydrogen-bond donors (Lipinski definition) is 10. The summed E-state index contributed by atoms with van der Waals surface area (Å²) in [5.41, 5.74) is -3.37. The Kier molecular flexibility index (Phi) is 19.2. The maximum Gasteiger partial charge on any atom is 0.397 e. The number of hydrogen-bond acceptors (Lipinski definition) is 27. The van der Waals surface area contributed by atoms with Crippen molar-refractivity contribution in [1.29, 1.82) is 0 Å². The number of methoxy groups -OCH3 is 1. The van der Waals surface area contributed by atoms with Gasteiger partial charge in [0.25, 0.3) is 0 Å². The first kappa shape index (κ1) is 67.0. The molecule has 8 fully saturated rings. The van der Waals surface area contributed by atoms with Crippen LogP contribution in [0, 0.1) is 45.3 Å². The predicted molar refractivity (Wildman–Crippen MR) is 282 cm³/mol. The largest absolute Gasteiger partial charge is 0.458 e. The van der Waals surface area contributed by atoms with Crippen molar-refractivity contribution in [3.8, 4) is 0 Å². The van der Waals surface area contributed by atoms with E-state index in [-0.39, 0.29) is 42.2 Å². The number of rotatable bonds is 19. The third kappa shape index (κ3) is 12.1. The summed E-state index contributed by atoms with van der Waals surface area (Å²) in [7, 11) is -9.29. The van der Waals surface area contributed by atoms with Gasteiger partial charge < -0.3 is 88.2 Å². The Balaban J connectivity index is 0.919. The molecule has 1 spiro atoms. The van der Waals surface area contributed by atoms with Gasteiger partial charge in [0, 0.05) is 31.8 Å². The minimum Gasteiger partial charge on any atom is -0.458 e. The van der Waals surface area contributed by atoms with Crippen LogP contribution in [0.25, 0.3) is 0 Å². The zero-order valence-corrected chi connectivity index (χ0v) is 50.4. The highest BCUT2D eigenvalue weighted by Gasteiger charge is 2.79. The lowest BCUT2D eigenvalue weighted by Gasteiger charge is -2.63. The van der Waals surface area contributed by atoms with Crippen molar-refractivity contribution in [2.75, 3.05) is 26.9 Å². The van der Waals surface area contributed by atoms with E-state index in [2.05, 4.69) is 17.2 Å². The normalized spacial score (nSPS) is 48.2. The SMILES string of the molecule is COC1C(O)C(CO)OC(OC2C(O)C(COS(=O)(=O)O)OC(OC3C(C)OC(OC4C(OC5CCC6(C)C7CCC89C(=O)OC(C)(CC(=O)CC(C)C)C8C(=O)CC9(C)C7=CCC6C5(C)C)OCC(OS(=O)(=O)O)C4O)C(O)C3O)C2O)C1O. The summed E-state index contributed by atoms with van der Waals surface area (Å²) in [6.07, 6.45) is -30.4. The highest BCUT2D eigenvalue weighted by molar-refractivity contribution is 7.81. The van der Waals surface area contributed by atoms with Gasteiger partial charge in [-0.15, -0.1) is 0 Å². The van der Waals surface area contributed by atoms with Crippen LogP contribution in [0.15, 0.2) is 11.6 Å². The number of allylic oxidation sites excluding steroid dienone is 2. The van der Waals surface area contributed by atoms with Gasteiger partial charge in [-0.05, 0) is 74.5 Å². The molecule has 0 aromatic heterocycles. The zero-order chi connectivity index (χ0) is 62.6. The van der Waals surface area contributed by atoms with E-state index in [1.807, 2.05) is 34.6 Å². The van der Waals surface area contributed by atoms with Gasteiger partial charge >= 0.3 is 26.8 Å².